The van der Waals surface area contributed by atoms with Crippen LogP contribution in [-0.2, 0) is 4.79 Å². The maximum absolute atomic E-state index is 13.2. The molecule has 1 aliphatic heterocycles. The van der Waals surface area contributed by atoms with E-state index in [2.05, 4.69) is 15.6 Å². The van der Waals surface area contributed by atoms with Crippen molar-refractivity contribution in [3.8, 4) is 17.0 Å². The van der Waals surface area contributed by atoms with Gasteiger partial charge in [-0.1, -0.05) is 18.2 Å². The van der Waals surface area contributed by atoms with Gasteiger partial charge in [0.1, 0.15) is 5.75 Å². The van der Waals surface area contributed by atoms with Crippen molar-refractivity contribution in [3.63, 3.8) is 0 Å². The van der Waals surface area contributed by atoms with E-state index in [0.29, 0.717) is 28.4 Å². The fraction of sp³-hybridized carbons (Fsp3) is 0.0833. The van der Waals surface area contributed by atoms with Gasteiger partial charge in [0, 0.05) is 29.0 Å². The number of carbonyl (C=O) groups is 2. The van der Waals surface area contributed by atoms with Crippen LogP contribution in [-0.4, -0.2) is 27.9 Å². The SMILES string of the molecule is CC1Oc2ccc(NC(=O)c3cc(-c4ccncc4)nc4ccccc34)cc2NC1=O. The highest BCUT2D eigenvalue weighted by molar-refractivity contribution is 6.13. The molecule has 152 valence electrons. The molecule has 7 nitrogen and oxygen atoms in total. The lowest BCUT2D eigenvalue weighted by molar-refractivity contribution is -0.122. The maximum atomic E-state index is 13.2. The molecule has 0 aliphatic carbocycles. The number of hydrogen-bond acceptors (Lipinski definition) is 5. The summed E-state index contributed by atoms with van der Waals surface area (Å²) in [6.07, 6.45) is 2.83. The minimum Gasteiger partial charge on any atom is -0.479 e. The molecular weight excluding hydrogens is 392 g/mol. The van der Waals surface area contributed by atoms with Gasteiger partial charge in [-0.05, 0) is 49.4 Å². The number of para-hydroxylation sites is 1. The molecule has 0 saturated heterocycles. The van der Waals surface area contributed by atoms with E-state index in [1.807, 2.05) is 36.4 Å². The number of ether oxygens (including phenoxy) is 1. The lowest BCUT2D eigenvalue weighted by atomic mass is 10.0. The number of amides is 2. The van der Waals surface area contributed by atoms with E-state index < -0.39 is 6.10 Å². The number of nitrogens with one attached hydrogen (secondary N) is 2. The zero-order valence-corrected chi connectivity index (χ0v) is 16.6. The molecule has 1 atom stereocenters. The molecule has 0 saturated carbocycles. The van der Waals surface area contributed by atoms with E-state index in [-0.39, 0.29) is 11.8 Å². The summed E-state index contributed by atoms with van der Waals surface area (Å²) in [5.74, 6) is 0.0720. The number of hydrogen-bond donors (Lipinski definition) is 2. The first-order chi connectivity index (χ1) is 15.1. The lowest BCUT2D eigenvalue weighted by Crippen LogP contribution is -2.34. The molecule has 0 spiro atoms. The van der Waals surface area contributed by atoms with Crippen LogP contribution < -0.4 is 15.4 Å². The first-order valence-corrected chi connectivity index (χ1v) is 9.81. The standard InChI is InChI=1S/C24H18N4O3/c1-14-23(29)28-21-12-16(6-7-22(21)31-14)26-24(30)18-13-20(15-8-10-25-11-9-15)27-19-5-3-2-4-17(18)19/h2-14H,1H3,(H,26,30)(H,28,29). The number of benzene rings is 2. The van der Waals surface area contributed by atoms with Crippen molar-refractivity contribution in [3.05, 3.63) is 78.6 Å². The minimum absolute atomic E-state index is 0.224. The van der Waals surface area contributed by atoms with Crippen LogP contribution in [0.4, 0.5) is 11.4 Å². The van der Waals surface area contributed by atoms with Crippen LogP contribution in [0.1, 0.15) is 17.3 Å². The van der Waals surface area contributed by atoms with Gasteiger partial charge < -0.3 is 15.4 Å². The third kappa shape index (κ3) is 3.57. The van der Waals surface area contributed by atoms with Gasteiger partial charge >= 0.3 is 0 Å². The lowest BCUT2D eigenvalue weighted by Gasteiger charge is -2.23. The first-order valence-electron chi connectivity index (χ1n) is 9.81. The molecular formula is C24H18N4O3. The molecule has 2 aromatic heterocycles. The highest BCUT2D eigenvalue weighted by atomic mass is 16.5. The van der Waals surface area contributed by atoms with Gasteiger partial charge in [0.25, 0.3) is 11.8 Å². The fourth-order valence-electron chi connectivity index (χ4n) is 3.52. The van der Waals surface area contributed by atoms with Crippen molar-refractivity contribution in [1.82, 2.24) is 9.97 Å². The van der Waals surface area contributed by atoms with Crippen LogP contribution in [0.5, 0.6) is 5.75 Å². The highest BCUT2D eigenvalue weighted by Crippen LogP contribution is 2.33. The Hall–Kier alpha value is -4.26. The van der Waals surface area contributed by atoms with Crippen molar-refractivity contribution in [2.45, 2.75) is 13.0 Å². The molecule has 0 fully saturated rings. The van der Waals surface area contributed by atoms with Crippen LogP contribution in [0.3, 0.4) is 0 Å². The Labute approximate surface area is 178 Å². The Morgan fingerprint density at radius 3 is 2.71 bits per heavy atom. The Bertz CT molecular complexity index is 1320. The quantitative estimate of drug-likeness (QED) is 0.526. The maximum Gasteiger partial charge on any atom is 0.265 e. The summed E-state index contributed by atoms with van der Waals surface area (Å²) >= 11 is 0. The largest absolute Gasteiger partial charge is 0.479 e. The average molecular weight is 410 g/mol. The van der Waals surface area contributed by atoms with Crippen molar-refractivity contribution in [2.24, 2.45) is 0 Å². The van der Waals surface area contributed by atoms with Gasteiger partial charge in [-0.2, -0.15) is 0 Å². The zero-order valence-electron chi connectivity index (χ0n) is 16.6. The van der Waals surface area contributed by atoms with E-state index >= 15 is 0 Å². The second-order valence-electron chi connectivity index (χ2n) is 7.22. The van der Waals surface area contributed by atoms with Crippen molar-refractivity contribution in [2.75, 3.05) is 10.6 Å². The summed E-state index contributed by atoms with van der Waals surface area (Å²) in [4.78, 5) is 33.9. The number of pyridine rings is 2. The molecule has 0 bridgehead atoms. The summed E-state index contributed by atoms with van der Waals surface area (Å²) in [6, 6.07) is 18.2. The molecule has 1 unspecified atom stereocenters. The van der Waals surface area contributed by atoms with E-state index in [4.69, 9.17) is 9.72 Å². The average Bonchev–Trinajstić information content (AvgIpc) is 2.80. The number of fused-ring (bicyclic) bond motifs is 2. The predicted molar refractivity (Wildman–Crippen MR) is 118 cm³/mol. The molecule has 2 aromatic carbocycles. The topological polar surface area (TPSA) is 93.2 Å². The number of anilines is 2. The molecule has 5 rings (SSSR count). The minimum atomic E-state index is -0.553. The first kappa shape index (κ1) is 18.7. The van der Waals surface area contributed by atoms with E-state index in [0.717, 1.165) is 16.5 Å². The van der Waals surface area contributed by atoms with E-state index in [1.165, 1.54) is 0 Å². The van der Waals surface area contributed by atoms with Crippen molar-refractivity contribution >= 4 is 34.1 Å². The summed E-state index contributed by atoms with van der Waals surface area (Å²) in [5.41, 5.74) is 3.86. The van der Waals surface area contributed by atoms with Crippen LogP contribution in [0.15, 0.2) is 73.1 Å². The van der Waals surface area contributed by atoms with Crippen LogP contribution in [0.25, 0.3) is 22.2 Å². The van der Waals surface area contributed by atoms with Gasteiger partial charge in [0.2, 0.25) is 0 Å². The second kappa shape index (κ2) is 7.53. The monoisotopic (exact) mass is 410 g/mol. The Kier molecular flexibility index (Phi) is 4.55. The van der Waals surface area contributed by atoms with Gasteiger partial charge in [-0.15, -0.1) is 0 Å². The third-order valence-electron chi connectivity index (χ3n) is 5.11. The molecule has 7 heteroatoms. The summed E-state index contributed by atoms with van der Waals surface area (Å²) in [7, 11) is 0. The van der Waals surface area contributed by atoms with Crippen molar-refractivity contribution in [1.29, 1.82) is 0 Å². The van der Waals surface area contributed by atoms with Crippen LogP contribution in [0.2, 0.25) is 0 Å². The smallest absolute Gasteiger partial charge is 0.265 e. The number of rotatable bonds is 3. The van der Waals surface area contributed by atoms with Crippen molar-refractivity contribution < 1.29 is 14.3 Å². The molecule has 3 heterocycles. The number of nitrogens with zero attached hydrogens (tertiary/aromatic N) is 2. The molecule has 31 heavy (non-hydrogen) atoms. The Morgan fingerprint density at radius 2 is 1.87 bits per heavy atom. The summed E-state index contributed by atoms with van der Waals surface area (Å²) < 4.78 is 5.57. The van der Waals surface area contributed by atoms with Gasteiger partial charge in [0.15, 0.2) is 6.10 Å². The van der Waals surface area contributed by atoms with E-state index in [1.54, 1.807) is 43.6 Å². The Balaban J connectivity index is 1.52. The molecule has 2 amide bonds. The van der Waals surface area contributed by atoms with Crippen LogP contribution in [0, 0.1) is 0 Å². The third-order valence-corrected chi connectivity index (χ3v) is 5.11. The van der Waals surface area contributed by atoms with Gasteiger partial charge in [-0.3, -0.25) is 14.6 Å². The normalized spacial score (nSPS) is 15.0. The van der Waals surface area contributed by atoms with Gasteiger partial charge in [-0.25, -0.2) is 4.98 Å². The second-order valence-corrected chi connectivity index (χ2v) is 7.22. The molecule has 1 aliphatic rings. The zero-order chi connectivity index (χ0) is 21.4. The molecule has 4 aromatic rings. The number of aromatic nitrogens is 2. The number of carbonyl (C=O) groups excluding carboxylic acids is 2. The van der Waals surface area contributed by atoms with Gasteiger partial charge in [0.05, 0.1) is 22.5 Å². The summed E-state index contributed by atoms with van der Waals surface area (Å²) in [5, 5.41) is 6.46. The summed E-state index contributed by atoms with van der Waals surface area (Å²) in [6.45, 7) is 1.68. The Morgan fingerprint density at radius 1 is 1.06 bits per heavy atom. The predicted octanol–water partition coefficient (Wildman–Crippen LogP) is 4.27. The molecule has 0 radical (unpaired) electrons. The highest BCUT2D eigenvalue weighted by Gasteiger charge is 2.24. The van der Waals surface area contributed by atoms with Crippen LogP contribution >= 0.6 is 0 Å². The molecule has 2 N–H and O–H groups in total. The van der Waals surface area contributed by atoms with E-state index in [9.17, 15) is 9.59 Å². The fourth-order valence-corrected chi connectivity index (χ4v) is 3.52.